The van der Waals surface area contributed by atoms with Crippen LogP contribution >= 0.6 is 0 Å². The average Bonchev–Trinajstić information content (AvgIpc) is 3.18. The summed E-state index contributed by atoms with van der Waals surface area (Å²) in [5.74, 6) is 0.191. The van der Waals surface area contributed by atoms with Gasteiger partial charge >= 0.3 is 0 Å². The Labute approximate surface area is 133 Å². The Balaban J connectivity index is 1.61. The van der Waals surface area contributed by atoms with Crippen molar-refractivity contribution in [1.29, 1.82) is 0 Å². The smallest absolute Gasteiger partial charge is 0.249 e. The molecule has 3 rings (SSSR count). The van der Waals surface area contributed by atoms with Crippen molar-refractivity contribution >= 4 is 5.91 Å². The molecular weight excluding hydrogens is 299 g/mol. The van der Waals surface area contributed by atoms with Crippen LogP contribution in [0, 0.1) is 5.82 Å². The average molecular weight is 318 g/mol. The Morgan fingerprint density at radius 1 is 1.57 bits per heavy atom. The number of aromatic nitrogens is 2. The van der Waals surface area contributed by atoms with Gasteiger partial charge in [-0.3, -0.25) is 4.79 Å². The fourth-order valence-corrected chi connectivity index (χ4v) is 2.67. The van der Waals surface area contributed by atoms with Crippen LogP contribution in [0.5, 0.6) is 0 Å². The van der Waals surface area contributed by atoms with E-state index in [4.69, 9.17) is 4.52 Å². The molecule has 1 amide bonds. The van der Waals surface area contributed by atoms with Crippen LogP contribution in [0.3, 0.4) is 0 Å². The first-order valence-electron chi connectivity index (χ1n) is 7.74. The number of carbonyl (C=O) groups is 1. The monoisotopic (exact) mass is 318 g/mol. The topological polar surface area (TPSA) is 80.0 Å². The van der Waals surface area contributed by atoms with E-state index in [-0.39, 0.29) is 17.8 Å². The van der Waals surface area contributed by atoms with E-state index < -0.39 is 6.04 Å². The van der Waals surface area contributed by atoms with Gasteiger partial charge in [0.2, 0.25) is 17.6 Å². The number of nitrogens with zero attached hydrogens (tertiary/aromatic N) is 2. The van der Waals surface area contributed by atoms with E-state index in [1.807, 2.05) is 0 Å². The minimum atomic E-state index is -0.390. The van der Waals surface area contributed by atoms with Crippen molar-refractivity contribution in [3.8, 4) is 11.4 Å². The van der Waals surface area contributed by atoms with Crippen LogP contribution in [0.25, 0.3) is 11.4 Å². The van der Waals surface area contributed by atoms with Crippen molar-refractivity contribution in [1.82, 2.24) is 20.8 Å². The molecule has 7 heteroatoms. The minimum absolute atomic E-state index is 0.0533. The van der Waals surface area contributed by atoms with Gasteiger partial charge in [0.15, 0.2) is 0 Å². The lowest BCUT2D eigenvalue weighted by molar-refractivity contribution is -0.122. The van der Waals surface area contributed by atoms with E-state index in [0.29, 0.717) is 23.7 Å². The van der Waals surface area contributed by atoms with Crippen molar-refractivity contribution in [2.45, 2.75) is 38.3 Å². The maximum atomic E-state index is 13.2. The van der Waals surface area contributed by atoms with Gasteiger partial charge in [-0.15, -0.1) is 0 Å². The standard InChI is InChI=1S/C16H19FN4O2/c1-10(19-14(22)9-13-6-3-7-18-13)16-20-15(21-23-16)11-4-2-5-12(17)8-11/h2,4-5,8,10,13,18H,3,6-7,9H2,1H3,(H,19,22). The van der Waals surface area contributed by atoms with Crippen LogP contribution in [0.1, 0.15) is 38.1 Å². The van der Waals surface area contributed by atoms with Crippen molar-refractivity contribution in [2.24, 2.45) is 0 Å². The zero-order valence-corrected chi connectivity index (χ0v) is 12.9. The molecule has 1 aliphatic rings. The normalized spacial score (nSPS) is 18.8. The van der Waals surface area contributed by atoms with E-state index in [1.165, 1.54) is 12.1 Å². The molecule has 1 saturated heterocycles. The highest BCUT2D eigenvalue weighted by Gasteiger charge is 2.21. The lowest BCUT2D eigenvalue weighted by atomic mass is 10.1. The molecule has 6 nitrogen and oxygen atoms in total. The van der Waals surface area contributed by atoms with Crippen molar-refractivity contribution in [3.63, 3.8) is 0 Å². The summed E-state index contributed by atoms with van der Waals surface area (Å²) in [6.07, 6.45) is 2.56. The fourth-order valence-electron chi connectivity index (χ4n) is 2.67. The van der Waals surface area contributed by atoms with E-state index in [0.717, 1.165) is 19.4 Å². The molecule has 1 aliphatic heterocycles. The summed E-state index contributed by atoms with van der Waals surface area (Å²) in [6, 6.07) is 5.83. The van der Waals surface area contributed by atoms with E-state index in [9.17, 15) is 9.18 Å². The lowest BCUT2D eigenvalue weighted by Gasteiger charge is -2.13. The largest absolute Gasteiger partial charge is 0.345 e. The zero-order valence-electron chi connectivity index (χ0n) is 12.9. The number of hydrogen-bond donors (Lipinski definition) is 2. The molecule has 2 N–H and O–H groups in total. The lowest BCUT2D eigenvalue weighted by Crippen LogP contribution is -2.33. The SMILES string of the molecule is CC(NC(=O)CC1CCCN1)c1nc(-c2cccc(F)c2)no1. The Kier molecular flexibility index (Phi) is 4.66. The summed E-state index contributed by atoms with van der Waals surface area (Å²) in [6.45, 7) is 2.75. The van der Waals surface area contributed by atoms with Crippen LogP contribution in [0.4, 0.5) is 4.39 Å². The third kappa shape index (κ3) is 3.92. The first-order chi connectivity index (χ1) is 11.1. The van der Waals surface area contributed by atoms with Gasteiger partial charge in [0.05, 0.1) is 0 Å². The molecule has 0 aliphatic carbocycles. The number of nitrogens with one attached hydrogen (secondary N) is 2. The molecule has 2 atom stereocenters. The minimum Gasteiger partial charge on any atom is -0.345 e. The van der Waals surface area contributed by atoms with E-state index in [2.05, 4.69) is 20.8 Å². The highest BCUT2D eigenvalue weighted by molar-refractivity contribution is 5.77. The predicted octanol–water partition coefficient (Wildman–Crippen LogP) is 2.20. The van der Waals surface area contributed by atoms with Gasteiger partial charge in [-0.1, -0.05) is 17.3 Å². The van der Waals surface area contributed by atoms with Gasteiger partial charge in [-0.25, -0.2) is 4.39 Å². The molecule has 23 heavy (non-hydrogen) atoms. The van der Waals surface area contributed by atoms with Gasteiger partial charge in [0, 0.05) is 18.0 Å². The summed E-state index contributed by atoms with van der Waals surface area (Å²) in [7, 11) is 0. The number of carbonyl (C=O) groups excluding carboxylic acids is 1. The molecular formula is C16H19FN4O2. The quantitative estimate of drug-likeness (QED) is 0.883. The van der Waals surface area contributed by atoms with Gasteiger partial charge < -0.3 is 15.2 Å². The Bertz CT molecular complexity index is 682. The number of amides is 1. The number of halogens is 1. The Morgan fingerprint density at radius 3 is 3.17 bits per heavy atom. The summed E-state index contributed by atoms with van der Waals surface area (Å²) in [5, 5.41) is 9.98. The number of hydrogen-bond acceptors (Lipinski definition) is 5. The third-order valence-corrected chi connectivity index (χ3v) is 3.87. The maximum absolute atomic E-state index is 13.2. The second-order valence-electron chi connectivity index (χ2n) is 5.75. The van der Waals surface area contributed by atoms with E-state index >= 15 is 0 Å². The number of benzene rings is 1. The summed E-state index contributed by atoms with van der Waals surface area (Å²) in [4.78, 5) is 16.2. The molecule has 0 spiro atoms. The van der Waals surface area contributed by atoms with Crippen LogP contribution in [-0.2, 0) is 4.79 Å². The van der Waals surface area contributed by atoms with Crippen molar-refractivity contribution in [2.75, 3.05) is 6.54 Å². The molecule has 1 fully saturated rings. The predicted molar refractivity (Wildman–Crippen MR) is 81.9 cm³/mol. The van der Waals surface area contributed by atoms with Crippen LogP contribution in [0.15, 0.2) is 28.8 Å². The second kappa shape index (κ2) is 6.87. The Hall–Kier alpha value is -2.28. The molecule has 122 valence electrons. The van der Waals surface area contributed by atoms with Crippen molar-refractivity contribution in [3.05, 3.63) is 36.0 Å². The van der Waals surface area contributed by atoms with Crippen molar-refractivity contribution < 1.29 is 13.7 Å². The van der Waals surface area contributed by atoms with Crippen LogP contribution in [0.2, 0.25) is 0 Å². The third-order valence-electron chi connectivity index (χ3n) is 3.87. The van der Waals surface area contributed by atoms with Gasteiger partial charge in [0.1, 0.15) is 11.9 Å². The molecule has 2 unspecified atom stereocenters. The summed E-state index contributed by atoms with van der Waals surface area (Å²) >= 11 is 0. The molecule has 1 aromatic heterocycles. The van der Waals surface area contributed by atoms with Crippen LogP contribution in [-0.4, -0.2) is 28.6 Å². The van der Waals surface area contributed by atoms with Gasteiger partial charge in [0.25, 0.3) is 0 Å². The molecule has 0 bridgehead atoms. The van der Waals surface area contributed by atoms with Crippen LogP contribution < -0.4 is 10.6 Å². The molecule has 2 aromatic rings. The first kappa shape index (κ1) is 15.6. The molecule has 1 aromatic carbocycles. The summed E-state index contributed by atoms with van der Waals surface area (Å²) in [5.41, 5.74) is 0.536. The van der Waals surface area contributed by atoms with E-state index in [1.54, 1.807) is 19.1 Å². The number of rotatable bonds is 5. The maximum Gasteiger partial charge on any atom is 0.249 e. The second-order valence-corrected chi connectivity index (χ2v) is 5.75. The molecule has 0 radical (unpaired) electrons. The highest BCUT2D eigenvalue weighted by atomic mass is 19.1. The molecule has 2 heterocycles. The summed E-state index contributed by atoms with van der Waals surface area (Å²) < 4.78 is 18.4. The van der Waals surface area contributed by atoms with Gasteiger partial charge in [-0.05, 0) is 38.4 Å². The zero-order chi connectivity index (χ0) is 16.2. The molecule has 0 saturated carbocycles. The fraction of sp³-hybridized carbons (Fsp3) is 0.438. The first-order valence-corrected chi connectivity index (χ1v) is 7.74. The van der Waals surface area contributed by atoms with Gasteiger partial charge in [-0.2, -0.15) is 4.98 Å². The highest BCUT2D eigenvalue weighted by Crippen LogP contribution is 2.19. The Morgan fingerprint density at radius 2 is 2.43 bits per heavy atom.